The van der Waals surface area contributed by atoms with Gasteiger partial charge in [-0.1, -0.05) is 23.2 Å². The van der Waals surface area contributed by atoms with Crippen molar-refractivity contribution in [2.45, 2.75) is 13.0 Å². The molecular weight excluding hydrogens is 375 g/mol. The molecule has 1 saturated heterocycles. The van der Waals surface area contributed by atoms with Crippen molar-refractivity contribution in [2.75, 3.05) is 36.5 Å². The molecule has 0 unspecified atom stereocenters. The summed E-state index contributed by atoms with van der Waals surface area (Å²) in [5, 5.41) is 3.75. The molecule has 0 saturated carbocycles. The van der Waals surface area contributed by atoms with Crippen LogP contribution in [0.3, 0.4) is 0 Å². The summed E-state index contributed by atoms with van der Waals surface area (Å²) in [5.74, 6) is 0.115. The standard InChI is InChI=1S/C19H20Cl2N2O3/c1-13(26-18-12-14(20)2-7-17(18)21)19(24)22-15-3-5-16(6-4-15)23-8-10-25-11-9-23/h2-7,12-13H,8-11H2,1H3,(H,22,24)/t13-/m0/s1. The quantitative estimate of drug-likeness (QED) is 0.823. The Bertz CT molecular complexity index is 762. The summed E-state index contributed by atoms with van der Waals surface area (Å²) >= 11 is 12.0. The molecule has 1 N–H and O–H groups in total. The second kappa shape index (κ2) is 8.62. The molecule has 3 rings (SSSR count). The molecular formula is C19H20Cl2N2O3. The van der Waals surface area contributed by atoms with Gasteiger partial charge in [0.05, 0.1) is 18.2 Å². The highest BCUT2D eigenvalue weighted by molar-refractivity contribution is 6.34. The summed E-state index contributed by atoms with van der Waals surface area (Å²) in [4.78, 5) is 14.6. The Hall–Kier alpha value is -1.95. The molecule has 1 aliphatic heterocycles. The zero-order chi connectivity index (χ0) is 18.5. The topological polar surface area (TPSA) is 50.8 Å². The number of halogens is 2. The fourth-order valence-electron chi connectivity index (χ4n) is 2.63. The van der Waals surface area contributed by atoms with Crippen molar-refractivity contribution in [3.05, 3.63) is 52.5 Å². The fourth-order valence-corrected chi connectivity index (χ4v) is 2.96. The third-order valence-corrected chi connectivity index (χ3v) is 4.62. The number of anilines is 2. The van der Waals surface area contributed by atoms with Gasteiger partial charge in [0.15, 0.2) is 6.10 Å². The summed E-state index contributed by atoms with van der Waals surface area (Å²) in [7, 11) is 0. The number of rotatable bonds is 5. The van der Waals surface area contributed by atoms with Crippen LogP contribution in [0.5, 0.6) is 5.75 Å². The average molecular weight is 395 g/mol. The van der Waals surface area contributed by atoms with Crippen LogP contribution in [0.4, 0.5) is 11.4 Å². The highest BCUT2D eigenvalue weighted by atomic mass is 35.5. The summed E-state index contributed by atoms with van der Waals surface area (Å²) in [5.41, 5.74) is 1.82. The first-order valence-corrected chi connectivity index (χ1v) is 9.14. The van der Waals surface area contributed by atoms with Crippen LogP contribution < -0.4 is 15.0 Å². The van der Waals surface area contributed by atoms with E-state index in [9.17, 15) is 4.79 Å². The normalized spacial score (nSPS) is 15.4. The Morgan fingerprint density at radius 2 is 1.85 bits per heavy atom. The van der Waals surface area contributed by atoms with Crippen LogP contribution in [-0.2, 0) is 9.53 Å². The summed E-state index contributed by atoms with van der Waals surface area (Å²) in [6, 6.07) is 12.6. The van der Waals surface area contributed by atoms with Crippen LogP contribution in [-0.4, -0.2) is 38.3 Å². The summed E-state index contributed by atoms with van der Waals surface area (Å²) in [6.07, 6.45) is -0.718. The van der Waals surface area contributed by atoms with Gasteiger partial charge in [0.2, 0.25) is 0 Å². The lowest BCUT2D eigenvalue weighted by Crippen LogP contribution is -2.36. The molecule has 0 aliphatic carbocycles. The first-order valence-electron chi connectivity index (χ1n) is 8.38. The number of hydrogen-bond acceptors (Lipinski definition) is 4. The van der Waals surface area contributed by atoms with Gasteiger partial charge in [0.1, 0.15) is 5.75 Å². The highest BCUT2D eigenvalue weighted by Crippen LogP contribution is 2.28. The largest absolute Gasteiger partial charge is 0.479 e. The van der Waals surface area contributed by atoms with E-state index in [4.69, 9.17) is 32.7 Å². The van der Waals surface area contributed by atoms with Crippen molar-refractivity contribution in [2.24, 2.45) is 0 Å². The number of amides is 1. The van der Waals surface area contributed by atoms with Crippen LogP contribution >= 0.6 is 23.2 Å². The SMILES string of the molecule is C[C@H](Oc1cc(Cl)ccc1Cl)C(=O)Nc1ccc(N2CCOCC2)cc1. The third kappa shape index (κ3) is 4.81. The van der Waals surface area contributed by atoms with E-state index in [-0.39, 0.29) is 5.91 Å². The van der Waals surface area contributed by atoms with Crippen LogP contribution in [0.25, 0.3) is 0 Å². The van der Waals surface area contributed by atoms with Gasteiger partial charge in [-0.05, 0) is 43.3 Å². The molecule has 1 atom stereocenters. The average Bonchev–Trinajstić information content (AvgIpc) is 2.66. The molecule has 1 heterocycles. The Labute approximate surface area is 162 Å². The molecule has 0 aromatic heterocycles. The van der Waals surface area contributed by atoms with Crippen LogP contribution in [0.1, 0.15) is 6.92 Å². The predicted molar refractivity (Wildman–Crippen MR) is 105 cm³/mol. The zero-order valence-electron chi connectivity index (χ0n) is 14.4. The lowest BCUT2D eigenvalue weighted by atomic mass is 10.2. The molecule has 0 bridgehead atoms. The van der Waals surface area contributed by atoms with Gasteiger partial charge >= 0.3 is 0 Å². The molecule has 0 radical (unpaired) electrons. The van der Waals surface area contributed by atoms with E-state index in [1.54, 1.807) is 25.1 Å². The van der Waals surface area contributed by atoms with E-state index >= 15 is 0 Å². The van der Waals surface area contributed by atoms with E-state index in [2.05, 4.69) is 10.2 Å². The maximum absolute atomic E-state index is 12.4. The maximum Gasteiger partial charge on any atom is 0.265 e. The second-order valence-corrected chi connectivity index (χ2v) is 6.81. The van der Waals surface area contributed by atoms with Gasteiger partial charge in [-0.25, -0.2) is 0 Å². The summed E-state index contributed by atoms with van der Waals surface area (Å²) in [6.45, 7) is 4.88. The van der Waals surface area contributed by atoms with Gasteiger partial charge in [0.25, 0.3) is 5.91 Å². The molecule has 2 aromatic rings. The molecule has 5 nitrogen and oxygen atoms in total. The Morgan fingerprint density at radius 1 is 1.15 bits per heavy atom. The molecule has 138 valence electrons. The number of carbonyl (C=O) groups excluding carboxylic acids is 1. The Kier molecular flexibility index (Phi) is 6.25. The minimum atomic E-state index is -0.718. The lowest BCUT2D eigenvalue weighted by Gasteiger charge is -2.29. The lowest BCUT2D eigenvalue weighted by molar-refractivity contribution is -0.122. The number of morpholine rings is 1. The highest BCUT2D eigenvalue weighted by Gasteiger charge is 2.17. The van der Waals surface area contributed by atoms with Gasteiger partial charge in [-0.2, -0.15) is 0 Å². The molecule has 26 heavy (non-hydrogen) atoms. The van der Waals surface area contributed by atoms with Crippen LogP contribution in [0.2, 0.25) is 10.0 Å². The Balaban J connectivity index is 1.59. The van der Waals surface area contributed by atoms with E-state index in [0.717, 1.165) is 32.0 Å². The number of ether oxygens (including phenoxy) is 2. The third-order valence-electron chi connectivity index (χ3n) is 4.08. The second-order valence-electron chi connectivity index (χ2n) is 5.97. The van der Waals surface area contributed by atoms with Crippen molar-refractivity contribution in [3.63, 3.8) is 0 Å². The first-order chi connectivity index (χ1) is 12.5. The minimum absolute atomic E-state index is 0.264. The zero-order valence-corrected chi connectivity index (χ0v) is 15.9. The molecule has 1 amide bonds. The van der Waals surface area contributed by atoms with E-state index in [1.807, 2.05) is 24.3 Å². The van der Waals surface area contributed by atoms with E-state index < -0.39 is 6.10 Å². The van der Waals surface area contributed by atoms with E-state index in [0.29, 0.717) is 21.5 Å². The smallest absolute Gasteiger partial charge is 0.265 e. The molecule has 1 fully saturated rings. The minimum Gasteiger partial charge on any atom is -0.479 e. The number of hydrogen-bond donors (Lipinski definition) is 1. The van der Waals surface area contributed by atoms with Crippen molar-refractivity contribution >= 4 is 40.5 Å². The van der Waals surface area contributed by atoms with Crippen molar-refractivity contribution in [1.82, 2.24) is 0 Å². The maximum atomic E-state index is 12.4. The molecule has 2 aromatic carbocycles. The van der Waals surface area contributed by atoms with Crippen LogP contribution in [0.15, 0.2) is 42.5 Å². The van der Waals surface area contributed by atoms with Crippen molar-refractivity contribution in [1.29, 1.82) is 0 Å². The predicted octanol–water partition coefficient (Wildman–Crippen LogP) is 4.24. The first kappa shape index (κ1) is 18.8. The number of benzene rings is 2. The summed E-state index contributed by atoms with van der Waals surface area (Å²) < 4.78 is 11.0. The monoisotopic (exact) mass is 394 g/mol. The number of carbonyl (C=O) groups is 1. The van der Waals surface area contributed by atoms with Gasteiger partial charge in [-0.3, -0.25) is 4.79 Å². The number of nitrogens with one attached hydrogen (secondary N) is 1. The molecule has 7 heteroatoms. The number of nitrogens with zero attached hydrogens (tertiary/aromatic N) is 1. The molecule has 0 spiro atoms. The Morgan fingerprint density at radius 3 is 2.54 bits per heavy atom. The van der Waals surface area contributed by atoms with Gasteiger partial charge in [-0.15, -0.1) is 0 Å². The van der Waals surface area contributed by atoms with Gasteiger partial charge in [0, 0.05) is 35.6 Å². The van der Waals surface area contributed by atoms with Gasteiger partial charge < -0.3 is 19.7 Å². The van der Waals surface area contributed by atoms with E-state index in [1.165, 1.54) is 0 Å². The van der Waals surface area contributed by atoms with Crippen LogP contribution in [0, 0.1) is 0 Å². The van der Waals surface area contributed by atoms with Crippen molar-refractivity contribution < 1.29 is 14.3 Å². The fraction of sp³-hybridized carbons (Fsp3) is 0.316. The van der Waals surface area contributed by atoms with Crippen molar-refractivity contribution in [3.8, 4) is 5.75 Å². The molecule has 1 aliphatic rings.